The van der Waals surface area contributed by atoms with E-state index in [0.717, 1.165) is 0 Å². The Hall–Kier alpha value is -1.66. The van der Waals surface area contributed by atoms with Crippen molar-refractivity contribution in [1.29, 1.82) is 0 Å². The molecule has 5 nitrogen and oxygen atoms in total. The minimum Gasteiger partial charge on any atom is -0.544 e. The van der Waals surface area contributed by atoms with Gasteiger partial charge in [-0.1, -0.05) is 0 Å². The van der Waals surface area contributed by atoms with Crippen LogP contribution in [0.3, 0.4) is 0 Å². The van der Waals surface area contributed by atoms with E-state index in [2.05, 4.69) is 0 Å². The summed E-state index contributed by atoms with van der Waals surface area (Å²) in [5.74, 6) is -20.7. The van der Waals surface area contributed by atoms with E-state index in [1.165, 1.54) is 0 Å². The Labute approximate surface area is 96.9 Å². The van der Waals surface area contributed by atoms with Gasteiger partial charge in [0.2, 0.25) is 0 Å². The van der Waals surface area contributed by atoms with Gasteiger partial charge in [-0.05, 0) is 0 Å². The molecule has 0 N–H and O–H groups in total. The average molecular weight is 304 g/mol. The van der Waals surface area contributed by atoms with Crippen LogP contribution in [0.4, 0.5) is 35.1 Å². The number of carboxylic acid groups (broad SMARTS) is 2. The Morgan fingerprint density at radius 1 is 0.684 bits per heavy atom. The van der Waals surface area contributed by atoms with E-state index in [-0.39, 0.29) is 0 Å². The van der Waals surface area contributed by atoms with Gasteiger partial charge in [0.05, 0.1) is 0 Å². The van der Waals surface area contributed by atoms with E-state index in [1.807, 2.05) is 0 Å². The number of halogens is 8. The SMILES string of the molecule is O=C([O-])C(F)(F)C(F)(F)OC(F)(F)C(F)(F)C(=O)[O-]. The second-order valence-corrected chi connectivity index (χ2v) is 2.86. The molecule has 0 fully saturated rings. The van der Waals surface area contributed by atoms with Gasteiger partial charge < -0.3 is 19.8 Å². The van der Waals surface area contributed by atoms with Gasteiger partial charge in [-0.15, -0.1) is 0 Å². The predicted molar refractivity (Wildman–Crippen MR) is 30.9 cm³/mol. The molecule has 112 valence electrons. The summed E-state index contributed by atoms with van der Waals surface area (Å²) < 4.78 is 99.6. The number of carboxylic acids is 2. The van der Waals surface area contributed by atoms with Crippen LogP contribution in [0.1, 0.15) is 0 Å². The zero-order valence-corrected chi connectivity index (χ0v) is 8.06. The molecular weight excluding hydrogens is 304 g/mol. The Kier molecular flexibility index (Phi) is 4.08. The van der Waals surface area contributed by atoms with Crippen molar-refractivity contribution in [2.45, 2.75) is 24.1 Å². The minimum absolute atomic E-state index is 1.67. The number of aliphatic carboxylic acids is 2. The molecule has 0 aromatic heterocycles. The summed E-state index contributed by atoms with van der Waals surface area (Å²) in [7, 11) is 0. The summed E-state index contributed by atoms with van der Waals surface area (Å²) >= 11 is 0. The van der Waals surface area contributed by atoms with Crippen LogP contribution in [0, 0.1) is 0 Å². The van der Waals surface area contributed by atoms with E-state index >= 15 is 0 Å². The molecule has 0 aliphatic heterocycles. The van der Waals surface area contributed by atoms with E-state index in [9.17, 15) is 54.9 Å². The number of hydrogen-bond acceptors (Lipinski definition) is 5. The van der Waals surface area contributed by atoms with Crippen molar-refractivity contribution in [2.24, 2.45) is 0 Å². The van der Waals surface area contributed by atoms with E-state index in [1.54, 1.807) is 4.74 Å². The molecular formula is C6F8O5-2. The standard InChI is InChI=1S/C6H2F8O5/c7-3(8,1(15)16)5(11,12)19-6(13,14)4(9,10)2(17)18/h(H,15,16)(H,17,18)/p-2. The van der Waals surface area contributed by atoms with Gasteiger partial charge in [-0.25, -0.2) is 4.74 Å². The lowest BCUT2D eigenvalue weighted by Gasteiger charge is -2.33. The van der Waals surface area contributed by atoms with Gasteiger partial charge in [0.25, 0.3) is 0 Å². The highest BCUT2D eigenvalue weighted by molar-refractivity contribution is 5.75. The molecule has 0 atom stereocenters. The summed E-state index contributed by atoms with van der Waals surface area (Å²) in [6.45, 7) is 0. The number of alkyl halides is 8. The van der Waals surface area contributed by atoms with Crippen LogP contribution >= 0.6 is 0 Å². The summed E-state index contributed by atoms with van der Waals surface area (Å²) in [6.07, 6.45) is -13.3. The first-order valence-electron chi connectivity index (χ1n) is 3.74. The largest absolute Gasteiger partial charge is 0.544 e. The fraction of sp³-hybridized carbons (Fsp3) is 0.667. The third-order valence-corrected chi connectivity index (χ3v) is 1.50. The van der Waals surface area contributed by atoms with Crippen LogP contribution in [0.5, 0.6) is 0 Å². The average Bonchev–Trinajstić information content (AvgIpc) is 2.14. The maximum Gasteiger partial charge on any atom is 0.429 e. The summed E-state index contributed by atoms with van der Waals surface area (Å²) in [5.41, 5.74) is 0. The lowest BCUT2D eigenvalue weighted by Crippen LogP contribution is -2.62. The van der Waals surface area contributed by atoms with Crippen molar-refractivity contribution in [2.75, 3.05) is 0 Å². The van der Waals surface area contributed by atoms with Crippen LogP contribution in [0.25, 0.3) is 0 Å². The summed E-state index contributed by atoms with van der Waals surface area (Å²) in [6, 6.07) is 0. The number of carbonyl (C=O) groups excluding carboxylic acids is 2. The maximum atomic E-state index is 12.3. The summed E-state index contributed by atoms with van der Waals surface area (Å²) in [4.78, 5) is 19.1. The molecule has 19 heavy (non-hydrogen) atoms. The highest BCUT2D eigenvalue weighted by Crippen LogP contribution is 2.44. The number of hydrogen-bond donors (Lipinski definition) is 0. The molecule has 0 rings (SSSR count). The minimum atomic E-state index is -6.67. The van der Waals surface area contributed by atoms with Crippen LogP contribution in [-0.2, 0) is 14.3 Å². The van der Waals surface area contributed by atoms with Crippen molar-refractivity contribution in [3.8, 4) is 0 Å². The first-order chi connectivity index (χ1) is 8.09. The third kappa shape index (κ3) is 2.85. The molecule has 0 saturated carbocycles. The smallest absolute Gasteiger partial charge is 0.429 e. The fourth-order valence-electron chi connectivity index (χ4n) is 0.527. The molecule has 0 aromatic rings. The highest BCUT2D eigenvalue weighted by atomic mass is 19.3. The molecule has 0 aliphatic rings. The van der Waals surface area contributed by atoms with E-state index in [0.29, 0.717) is 0 Å². The number of ether oxygens (including phenoxy) is 1. The molecule has 0 aliphatic carbocycles. The van der Waals surface area contributed by atoms with Gasteiger partial charge in [0, 0.05) is 0 Å². The van der Waals surface area contributed by atoms with Gasteiger partial charge in [0.1, 0.15) is 11.9 Å². The summed E-state index contributed by atoms with van der Waals surface area (Å²) in [5, 5.41) is 19.1. The fourth-order valence-corrected chi connectivity index (χ4v) is 0.527. The van der Waals surface area contributed by atoms with Crippen LogP contribution < -0.4 is 10.2 Å². The molecule has 13 heteroatoms. The zero-order valence-electron chi connectivity index (χ0n) is 8.06. The van der Waals surface area contributed by atoms with Crippen LogP contribution in [0.2, 0.25) is 0 Å². The zero-order chi connectivity index (χ0) is 15.9. The van der Waals surface area contributed by atoms with Crippen molar-refractivity contribution in [1.82, 2.24) is 0 Å². The molecule has 0 aromatic carbocycles. The van der Waals surface area contributed by atoms with Crippen LogP contribution in [-0.4, -0.2) is 36.0 Å². The van der Waals surface area contributed by atoms with Gasteiger partial charge in [-0.3, -0.25) is 0 Å². The van der Waals surface area contributed by atoms with Gasteiger partial charge in [-0.2, -0.15) is 35.1 Å². The third-order valence-electron chi connectivity index (χ3n) is 1.50. The lowest BCUT2D eigenvalue weighted by atomic mass is 10.3. The second-order valence-electron chi connectivity index (χ2n) is 2.86. The molecule has 0 unspecified atom stereocenters. The number of rotatable bonds is 6. The lowest BCUT2D eigenvalue weighted by molar-refractivity contribution is -0.473. The maximum absolute atomic E-state index is 12.3. The van der Waals surface area contributed by atoms with Crippen molar-refractivity contribution >= 4 is 11.9 Å². The van der Waals surface area contributed by atoms with Gasteiger partial charge in [0.15, 0.2) is 0 Å². The quantitative estimate of drug-likeness (QED) is 0.585. The first kappa shape index (κ1) is 17.3. The molecule has 0 amide bonds. The Morgan fingerprint density at radius 3 is 1.05 bits per heavy atom. The molecule has 0 saturated heterocycles. The Bertz CT molecular complexity index is 355. The van der Waals surface area contributed by atoms with Crippen molar-refractivity contribution < 1.29 is 59.7 Å². The number of carbonyl (C=O) groups is 2. The van der Waals surface area contributed by atoms with Crippen molar-refractivity contribution in [3.05, 3.63) is 0 Å². The molecule has 0 heterocycles. The predicted octanol–water partition coefficient (Wildman–Crippen LogP) is -1.04. The Balaban J connectivity index is 5.45. The molecule has 0 spiro atoms. The monoisotopic (exact) mass is 304 g/mol. The first-order valence-corrected chi connectivity index (χ1v) is 3.74. The van der Waals surface area contributed by atoms with Gasteiger partial charge >= 0.3 is 24.1 Å². The topological polar surface area (TPSA) is 89.5 Å². The van der Waals surface area contributed by atoms with E-state index in [4.69, 9.17) is 0 Å². The highest BCUT2D eigenvalue weighted by Gasteiger charge is 2.70. The Morgan fingerprint density at radius 2 is 0.895 bits per heavy atom. The van der Waals surface area contributed by atoms with Crippen molar-refractivity contribution in [3.63, 3.8) is 0 Å². The second kappa shape index (κ2) is 4.47. The molecule has 0 radical (unpaired) electrons. The molecule has 0 bridgehead atoms. The van der Waals surface area contributed by atoms with Crippen LogP contribution in [0.15, 0.2) is 0 Å². The normalized spacial score (nSPS) is 14.3. The van der Waals surface area contributed by atoms with E-state index < -0.39 is 36.0 Å².